The molecular formula is C13H19NO2. The SMILES string of the molecule is CCCOc1cncc(C(O)C2CC2C)c1. The highest BCUT2D eigenvalue weighted by Crippen LogP contribution is 2.46. The van der Waals surface area contributed by atoms with Crippen LogP contribution in [0, 0.1) is 11.8 Å². The second-order valence-corrected chi connectivity index (χ2v) is 4.62. The van der Waals surface area contributed by atoms with Crippen molar-refractivity contribution in [1.29, 1.82) is 0 Å². The normalized spacial score (nSPS) is 25.2. The smallest absolute Gasteiger partial charge is 0.137 e. The van der Waals surface area contributed by atoms with Gasteiger partial charge in [0.2, 0.25) is 0 Å². The van der Waals surface area contributed by atoms with E-state index in [4.69, 9.17) is 4.74 Å². The number of rotatable bonds is 5. The molecule has 1 N–H and O–H groups in total. The van der Waals surface area contributed by atoms with Gasteiger partial charge in [-0.25, -0.2) is 0 Å². The van der Waals surface area contributed by atoms with Crippen LogP contribution in [0.15, 0.2) is 18.5 Å². The maximum Gasteiger partial charge on any atom is 0.137 e. The summed E-state index contributed by atoms with van der Waals surface area (Å²) in [6.07, 6.45) is 5.14. The third-order valence-corrected chi connectivity index (χ3v) is 3.13. The zero-order valence-corrected chi connectivity index (χ0v) is 9.89. The van der Waals surface area contributed by atoms with Gasteiger partial charge in [0.15, 0.2) is 0 Å². The minimum atomic E-state index is -0.382. The molecule has 1 aromatic rings. The number of aromatic nitrogens is 1. The zero-order valence-electron chi connectivity index (χ0n) is 9.89. The van der Waals surface area contributed by atoms with E-state index in [0.29, 0.717) is 18.4 Å². The van der Waals surface area contributed by atoms with Crippen LogP contribution in [0.5, 0.6) is 5.75 Å². The van der Waals surface area contributed by atoms with Crippen molar-refractivity contribution >= 4 is 0 Å². The molecule has 0 aromatic carbocycles. The van der Waals surface area contributed by atoms with E-state index < -0.39 is 0 Å². The van der Waals surface area contributed by atoms with Crippen LogP contribution in [0.25, 0.3) is 0 Å². The Morgan fingerprint density at radius 1 is 1.56 bits per heavy atom. The molecule has 1 heterocycles. The van der Waals surface area contributed by atoms with Gasteiger partial charge in [0.05, 0.1) is 18.9 Å². The molecule has 0 bridgehead atoms. The zero-order chi connectivity index (χ0) is 11.5. The topological polar surface area (TPSA) is 42.4 Å². The molecule has 3 unspecified atom stereocenters. The summed E-state index contributed by atoms with van der Waals surface area (Å²) in [7, 11) is 0. The predicted molar refractivity (Wildman–Crippen MR) is 62.3 cm³/mol. The third kappa shape index (κ3) is 2.53. The molecule has 16 heavy (non-hydrogen) atoms. The summed E-state index contributed by atoms with van der Waals surface area (Å²) in [5.74, 6) is 1.80. The minimum absolute atomic E-state index is 0.382. The number of hydrogen-bond donors (Lipinski definition) is 1. The lowest BCUT2D eigenvalue weighted by Crippen LogP contribution is -2.03. The first-order valence-corrected chi connectivity index (χ1v) is 5.98. The van der Waals surface area contributed by atoms with Gasteiger partial charge >= 0.3 is 0 Å². The molecule has 0 saturated heterocycles. The maximum atomic E-state index is 10.1. The molecule has 88 valence electrons. The summed E-state index contributed by atoms with van der Waals surface area (Å²) in [5.41, 5.74) is 0.878. The quantitative estimate of drug-likeness (QED) is 0.831. The molecule has 1 aliphatic carbocycles. The molecule has 0 aliphatic heterocycles. The van der Waals surface area contributed by atoms with Gasteiger partial charge in [-0.2, -0.15) is 0 Å². The van der Waals surface area contributed by atoms with Crippen molar-refractivity contribution in [2.24, 2.45) is 11.8 Å². The molecule has 0 amide bonds. The molecule has 2 rings (SSSR count). The fourth-order valence-electron chi connectivity index (χ4n) is 1.93. The van der Waals surface area contributed by atoms with Gasteiger partial charge in [0, 0.05) is 11.8 Å². The van der Waals surface area contributed by atoms with Crippen molar-refractivity contribution in [1.82, 2.24) is 4.98 Å². The summed E-state index contributed by atoms with van der Waals surface area (Å²) in [4.78, 5) is 4.11. The average molecular weight is 221 g/mol. The second kappa shape index (κ2) is 4.83. The number of hydrogen-bond acceptors (Lipinski definition) is 3. The summed E-state index contributed by atoms with van der Waals surface area (Å²) < 4.78 is 5.50. The van der Waals surface area contributed by atoms with Crippen LogP contribution in [0.1, 0.15) is 38.4 Å². The number of aliphatic hydroxyl groups excluding tert-OH is 1. The van der Waals surface area contributed by atoms with Gasteiger partial charge in [0.1, 0.15) is 5.75 Å². The van der Waals surface area contributed by atoms with Crippen molar-refractivity contribution in [3.63, 3.8) is 0 Å². The van der Waals surface area contributed by atoms with E-state index in [2.05, 4.69) is 18.8 Å². The van der Waals surface area contributed by atoms with Crippen LogP contribution in [0.4, 0.5) is 0 Å². The molecule has 1 fully saturated rings. The van der Waals surface area contributed by atoms with Gasteiger partial charge in [-0.15, -0.1) is 0 Å². The minimum Gasteiger partial charge on any atom is -0.492 e. The van der Waals surface area contributed by atoms with Crippen LogP contribution in [0.2, 0.25) is 0 Å². The van der Waals surface area contributed by atoms with E-state index in [0.717, 1.165) is 24.2 Å². The van der Waals surface area contributed by atoms with Crippen molar-refractivity contribution in [2.45, 2.75) is 32.8 Å². The molecule has 0 spiro atoms. The number of ether oxygens (including phenoxy) is 1. The Hall–Kier alpha value is -1.09. The molecule has 1 aromatic heterocycles. The van der Waals surface area contributed by atoms with E-state index in [9.17, 15) is 5.11 Å². The third-order valence-electron chi connectivity index (χ3n) is 3.13. The molecular weight excluding hydrogens is 202 g/mol. The Kier molecular flexibility index (Phi) is 3.44. The Labute approximate surface area is 96.5 Å². The fraction of sp³-hybridized carbons (Fsp3) is 0.615. The van der Waals surface area contributed by atoms with Crippen LogP contribution in [-0.4, -0.2) is 16.7 Å². The molecule has 0 radical (unpaired) electrons. The van der Waals surface area contributed by atoms with Gasteiger partial charge in [0.25, 0.3) is 0 Å². The van der Waals surface area contributed by atoms with Crippen LogP contribution < -0.4 is 4.74 Å². The fourth-order valence-corrected chi connectivity index (χ4v) is 1.93. The first kappa shape index (κ1) is 11.4. The number of nitrogens with zero attached hydrogens (tertiary/aromatic N) is 1. The standard InChI is InChI=1S/C13H19NO2/c1-3-4-16-11-6-10(7-14-8-11)13(15)12-5-9(12)2/h6-9,12-13,15H,3-5H2,1-2H3. The van der Waals surface area contributed by atoms with Crippen LogP contribution in [-0.2, 0) is 0 Å². The Morgan fingerprint density at radius 3 is 2.94 bits per heavy atom. The predicted octanol–water partition coefficient (Wildman–Crippen LogP) is 2.56. The first-order valence-electron chi connectivity index (χ1n) is 5.98. The highest BCUT2D eigenvalue weighted by Gasteiger charge is 2.39. The molecule has 3 atom stereocenters. The highest BCUT2D eigenvalue weighted by atomic mass is 16.5. The summed E-state index contributed by atoms with van der Waals surface area (Å²) in [5, 5.41) is 10.1. The number of aliphatic hydroxyl groups is 1. The summed E-state index contributed by atoms with van der Waals surface area (Å²) in [6.45, 7) is 4.93. The van der Waals surface area contributed by atoms with Crippen molar-refractivity contribution in [2.75, 3.05) is 6.61 Å². The molecule has 3 heteroatoms. The Balaban J connectivity index is 2.03. The van der Waals surface area contributed by atoms with Crippen molar-refractivity contribution in [3.05, 3.63) is 24.0 Å². The average Bonchev–Trinajstić information content (AvgIpc) is 3.03. The van der Waals surface area contributed by atoms with E-state index >= 15 is 0 Å². The lowest BCUT2D eigenvalue weighted by molar-refractivity contribution is 0.147. The Bertz CT molecular complexity index is 354. The van der Waals surface area contributed by atoms with Crippen LogP contribution in [0.3, 0.4) is 0 Å². The van der Waals surface area contributed by atoms with Gasteiger partial charge in [-0.1, -0.05) is 13.8 Å². The lowest BCUT2D eigenvalue weighted by atomic mass is 10.1. The number of pyridine rings is 1. The van der Waals surface area contributed by atoms with Crippen molar-refractivity contribution < 1.29 is 9.84 Å². The lowest BCUT2D eigenvalue weighted by Gasteiger charge is -2.11. The molecule has 1 aliphatic rings. The summed E-state index contributed by atoms with van der Waals surface area (Å²) >= 11 is 0. The van der Waals surface area contributed by atoms with Gasteiger partial charge in [-0.05, 0) is 30.7 Å². The summed E-state index contributed by atoms with van der Waals surface area (Å²) in [6, 6.07) is 1.90. The van der Waals surface area contributed by atoms with Gasteiger partial charge < -0.3 is 9.84 Å². The Morgan fingerprint density at radius 2 is 2.31 bits per heavy atom. The van der Waals surface area contributed by atoms with E-state index in [1.54, 1.807) is 12.4 Å². The highest BCUT2D eigenvalue weighted by molar-refractivity contribution is 5.26. The first-order chi connectivity index (χ1) is 7.72. The van der Waals surface area contributed by atoms with E-state index in [1.165, 1.54) is 0 Å². The van der Waals surface area contributed by atoms with Crippen LogP contribution >= 0.6 is 0 Å². The van der Waals surface area contributed by atoms with Gasteiger partial charge in [-0.3, -0.25) is 4.98 Å². The van der Waals surface area contributed by atoms with E-state index in [-0.39, 0.29) is 6.10 Å². The maximum absolute atomic E-state index is 10.1. The monoisotopic (exact) mass is 221 g/mol. The largest absolute Gasteiger partial charge is 0.492 e. The van der Waals surface area contributed by atoms with E-state index in [1.807, 2.05) is 6.07 Å². The molecule has 3 nitrogen and oxygen atoms in total. The van der Waals surface area contributed by atoms with Crippen molar-refractivity contribution in [3.8, 4) is 5.75 Å². The second-order valence-electron chi connectivity index (χ2n) is 4.62. The molecule has 1 saturated carbocycles.